The van der Waals surface area contributed by atoms with Crippen LogP contribution in [0, 0.1) is 0 Å². The third-order valence-electron chi connectivity index (χ3n) is 3.87. The first-order chi connectivity index (χ1) is 11.6. The number of benzene rings is 2. The predicted molar refractivity (Wildman–Crippen MR) is 84.2 cm³/mol. The van der Waals surface area contributed by atoms with Gasteiger partial charge in [-0.1, -0.05) is 36.4 Å². The predicted octanol–water partition coefficient (Wildman–Crippen LogP) is 3.47. The summed E-state index contributed by atoms with van der Waals surface area (Å²) < 4.78 is 35.4. The molecule has 0 radical (unpaired) electrons. The summed E-state index contributed by atoms with van der Waals surface area (Å²) in [7, 11) is 0. The molecule has 3 rings (SSSR count). The molecule has 0 saturated carbocycles. The lowest BCUT2D eigenvalue weighted by atomic mass is 9.98. The van der Waals surface area contributed by atoms with Gasteiger partial charge < -0.3 is 14.8 Å². The van der Waals surface area contributed by atoms with Gasteiger partial charge >= 0.3 is 6.61 Å². The van der Waals surface area contributed by atoms with Crippen molar-refractivity contribution in [1.29, 1.82) is 0 Å². The van der Waals surface area contributed by atoms with Crippen LogP contribution < -0.4 is 14.8 Å². The van der Waals surface area contributed by atoms with Crippen molar-refractivity contribution in [2.75, 3.05) is 6.54 Å². The molecule has 1 saturated heterocycles. The van der Waals surface area contributed by atoms with Gasteiger partial charge in [-0.3, -0.25) is 4.79 Å². The number of halogens is 2. The third-order valence-corrected chi connectivity index (χ3v) is 3.87. The Kier molecular flexibility index (Phi) is 4.93. The molecule has 0 unspecified atom stereocenters. The van der Waals surface area contributed by atoms with Gasteiger partial charge in [-0.2, -0.15) is 8.78 Å². The number of nitrogens with one attached hydrogen (secondary N) is 1. The maximum atomic E-state index is 12.6. The van der Waals surface area contributed by atoms with E-state index in [0.29, 0.717) is 13.0 Å². The first kappa shape index (κ1) is 16.2. The lowest BCUT2D eigenvalue weighted by Gasteiger charge is -2.15. The number of alkyl halides is 2. The van der Waals surface area contributed by atoms with E-state index in [9.17, 15) is 13.6 Å². The number of rotatable bonds is 6. The zero-order valence-corrected chi connectivity index (χ0v) is 12.9. The maximum absolute atomic E-state index is 12.6. The molecule has 1 fully saturated rings. The molecule has 0 aromatic heterocycles. The number of carbonyl (C=O) groups is 1. The second-order valence-electron chi connectivity index (χ2n) is 5.56. The number of amides is 1. The van der Waals surface area contributed by atoms with Crippen molar-refractivity contribution in [1.82, 2.24) is 5.32 Å². The first-order valence-corrected chi connectivity index (χ1v) is 7.64. The molecule has 0 bridgehead atoms. The molecule has 1 atom stereocenters. The van der Waals surface area contributed by atoms with Gasteiger partial charge in [0.25, 0.3) is 0 Å². The Hall–Kier alpha value is -2.63. The van der Waals surface area contributed by atoms with E-state index in [-0.39, 0.29) is 29.9 Å². The molecule has 2 aromatic carbocycles. The minimum absolute atomic E-state index is 0.0113. The molecule has 126 valence electrons. The van der Waals surface area contributed by atoms with Crippen LogP contribution in [0.25, 0.3) is 0 Å². The highest BCUT2D eigenvalue weighted by molar-refractivity contribution is 5.79. The van der Waals surface area contributed by atoms with Crippen LogP contribution in [0.2, 0.25) is 0 Å². The fourth-order valence-electron chi connectivity index (χ4n) is 2.66. The Bertz CT molecular complexity index is 707. The fraction of sp³-hybridized carbons (Fsp3) is 0.278. The van der Waals surface area contributed by atoms with Crippen LogP contribution in [0.4, 0.5) is 8.78 Å². The fourth-order valence-corrected chi connectivity index (χ4v) is 2.66. The molecule has 4 nitrogen and oxygen atoms in total. The topological polar surface area (TPSA) is 47.6 Å². The Morgan fingerprint density at radius 1 is 1.12 bits per heavy atom. The van der Waals surface area contributed by atoms with Crippen LogP contribution in [0.3, 0.4) is 0 Å². The van der Waals surface area contributed by atoms with Crippen LogP contribution in [0.5, 0.6) is 11.5 Å². The smallest absolute Gasteiger partial charge is 0.387 e. The van der Waals surface area contributed by atoms with Gasteiger partial charge in [0.2, 0.25) is 5.91 Å². The van der Waals surface area contributed by atoms with E-state index >= 15 is 0 Å². The molecular formula is C18H17F2NO3. The molecule has 1 heterocycles. The minimum atomic E-state index is -2.93. The summed E-state index contributed by atoms with van der Waals surface area (Å²) in [5.74, 6) is 0.231. The maximum Gasteiger partial charge on any atom is 0.387 e. The van der Waals surface area contributed by atoms with Crippen LogP contribution in [-0.4, -0.2) is 19.1 Å². The largest absolute Gasteiger partial charge is 0.485 e. The SMILES string of the molecule is O=C1C[C@@H](c2ccc(OC(F)F)c(OCc3ccccc3)c2)CN1. The summed E-state index contributed by atoms with van der Waals surface area (Å²) in [5, 5.41) is 2.76. The number of ether oxygens (including phenoxy) is 2. The van der Waals surface area contributed by atoms with E-state index in [1.165, 1.54) is 6.07 Å². The summed E-state index contributed by atoms with van der Waals surface area (Å²) in [6.45, 7) is -2.15. The van der Waals surface area contributed by atoms with Crippen LogP contribution in [0.1, 0.15) is 23.5 Å². The Balaban J connectivity index is 1.80. The van der Waals surface area contributed by atoms with Gasteiger partial charge in [0, 0.05) is 18.9 Å². The highest BCUT2D eigenvalue weighted by atomic mass is 19.3. The first-order valence-electron chi connectivity index (χ1n) is 7.64. The van der Waals surface area contributed by atoms with E-state index in [4.69, 9.17) is 4.74 Å². The van der Waals surface area contributed by atoms with Gasteiger partial charge in [-0.05, 0) is 23.3 Å². The number of hydrogen-bond donors (Lipinski definition) is 1. The molecule has 24 heavy (non-hydrogen) atoms. The molecule has 1 aliphatic rings. The minimum Gasteiger partial charge on any atom is -0.485 e. The van der Waals surface area contributed by atoms with E-state index in [2.05, 4.69) is 10.1 Å². The Morgan fingerprint density at radius 2 is 1.92 bits per heavy atom. The van der Waals surface area contributed by atoms with Gasteiger partial charge in [-0.15, -0.1) is 0 Å². The molecular weight excluding hydrogens is 316 g/mol. The molecule has 1 aliphatic heterocycles. The van der Waals surface area contributed by atoms with Gasteiger partial charge in [0.05, 0.1) is 0 Å². The summed E-state index contributed by atoms with van der Waals surface area (Å²) >= 11 is 0. The molecule has 0 spiro atoms. The van der Waals surface area contributed by atoms with Crippen molar-refractivity contribution in [3.8, 4) is 11.5 Å². The lowest BCUT2D eigenvalue weighted by molar-refractivity contribution is -0.119. The van der Waals surface area contributed by atoms with Crippen molar-refractivity contribution in [2.24, 2.45) is 0 Å². The van der Waals surface area contributed by atoms with Crippen molar-refractivity contribution < 1.29 is 23.0 Å². The average molecular weight is 333 g/mol. The monoisotopic (exact) mass is 333 g/mol. The quantitative estimate of drug-likeness (QED) is 0.880. The summed E-state index contributed by atoms with van der Waals surface area (Å²) in [4.78, 5) is 11.4. The molecule has 1 amide bonds. The standard InChI is InChI=1S/C18H17F2NO3/c19-18(20)24-15-7-6-13(14-9-17(22)21-10-14)8-16(15)23-11-12-4-2-1-3-5-12/h1-8,14,18H,9-11H2,(H,21,22)/t14-/m1/s1. The van der Waals surface area contributed by atoms with Crippen molar-refractivity contribution >= 4 is 5.91 Å². The zero-order valence-electron chi connectivity index (χ0n) is 12.9. The summed E-state index contributed by atoms with van der Waals surface area (Å²) in [6.07, 6.45) is 0.382. The van der Waals surface area contributed by atoms with Crippen molar-refractivity contribution in [3.05, 3.63) is 59.7 Å². The van der Waals surface area contributed by atoms with Crippen molar-refractivity contribution in [2.45, 2.75) is 25.6 Å². The van der Waals surface area contributed by atoms with E-state index in [1.54, 1.807) is 12.1 Å². The lowest BCUT2D eigenvalue weighted by Crippen LogP contribution is -2.13. The van der Waals surface area contributed by atoms with Crippen LogP contribution >= 0.6 is 0 Å². The highest BCUT2D eigenvalue weighted by Crippen LogP contribution is 2.34. The number of carbonyl (C=O) groups excluding carboxylic acids is 1. The van der Waals surface area contributed by atoms with Gasteiger partial charge in [0.15, 0.2) is 11.5 Å². The normalized spacial score (nSPS) is 17.0. The molecule has 0 aliphatic carbocycles. The average Bonchev–Trinajstić information content (AvgIpc) is 3.01. The molecule has 1 N–H and O–H groups in total. The molecule has 2 aromatic rings. The summed E-state index contributed by atoms with van der Waals surface area (Å²) in [6, 6.07) is 14.2. The second kappa shape index (κ2) is 7.29. The second-order valence-corrected chi connectivity index (χ2v) is 5.56. The molecule has 6 heteroatoms. The summed E-state index contributed by atoms with van der Waals surface area (Å²) in [5.41, 5.74) is 1.78. The van der Waals surface area contributed by atoms with Crippen LogP contribution in [-0.2, 0) is 11.4 Å². The Labute approximate surface area is 138 Å². The van der Waals surface area contributed by atoms with Gasteiger partial charge in [-0.25, -0.2) is 0 Å². The van der Waals surface area contributed by atoms with E-state index in [0.717, 1.165) is 11.1 Å². The Morgan fingerprint density at radius 3 is 2.58 bits per heavy atom. The van der Waals surface area contributed by atoms with Crippen molar-refractivity contribution in [3.63, 3.8) is 0 Å². The number of hydrogen-bond acceptors (Lipinski definition) is 3. The third kappa shape index (κ3) is 4.01. The van der Waals surface area contributed by atoms with E-state index in [1.807, 2.05) is 30.3 Å². The van der Waals surface area contributed by atoms with Gasteiger partial charge in [0.1, 0.15) is 6.61 Å². The van der Waals surface area contributed by atoms with Crippen LogP contribution in [0.15, 0.2) is 48.5 Å². The van der Waals surface area contributed by atoms with E-state index < -0.39 is 6.61 Å². The zero-order chi connectivity index (χ0) is 16.9. The highest BCUT2D eigenvalue weighted by Gasteiger charge is 2.24.